The number of hydrogen-bond donors (Lipinski definition) is 3. The third-order valence-electron chi connectivity index (χ3n) is 5.66. The van der Waals surface area contributed by atoms with Gasteiger partial charge in [0.05, 0.1) is 28.3 Å². The van der Waals surface area contributed by atoms with Crippen LogP contribution in [0, 0.1) is 0 Å². The van der Waals surface area contributed by atoms with Gasteiger partial charge in [-0.25, -0.2) is 0 Å². The van der Waals surface area contributed by atoms with Gasteiger partial charge in [-0.2, -0.15) is 8.42 Å². The number of anilines is 1. The second kappa shape index (κ2) is 10.6. The molecule has 0 aliphatic heterocycles. The van der Waals surface area contributed by atoms with E-state index in [-0.39, 0.29) is 38.8 Å². The SMILES string of the molecule is CCc1c(S(=O)(=O)O)ccc(N=Nc2c(O)c(C(=O)Nc3ccccc3OC)cc3ccccc23)c1Cl. The number of aromatic hydroxyl groups is 1. The molecule has 0 saturated carbocycles. The van der Waals surface area contributed by atoms with Crippen LogP contribution >= 0.6 is 11.6 Å². The number of hydrogen-bond acceptors (Lipinski definition) is 7. The minimum atomic E-state index is -4.48. The van der Waals surface area contributed by atoms with Gasteiger partial charge in [-0.1, -0.05) is 54.9 Å². The molecule has 0 heterocycles. The van der Waals surface area contributed by atoms with Gasteiger partial charge in [-0.05, 0) is 47.7 Å². The van der Waals surface area contributed by atoms with E-state index in [1.807, 2.05) is 0 Å². The molecule has 3 N–H and O–H groups in total. The van der Waals surface area contributed by atoms with Crippen LogP contribution in [0.1, 0.15) is 22.8 Å². The van der Waals surface area contributed by atoms with Gasteiger partial charge >= 0.3 is 0 Å². The number of amides is 1. The Labute approximate surface area is 218 Å². The number of benzene rings is 4. The molecular weight excluding hydrogens is 518 g/mol. The summed E-state index contributed by atoms with van der Waals surface area (Å²) in [6.45, 7) is 1.68. The number of halogens is 1. The van der Waals surface area contributed by atoms with Crippen LogP contribution in [0.2, 0.25) is 5.02 Å². The van der Waals surface area contributed by atoms with E-state index in [4.69, 9.17) is 16.3 Å². The number of nitrogens with one attached hydrogen (secondary N) is 1. The van der Waals surface area contributed by atoms with Crippen LogP contribution < -0.4 is 10.1 Å². The monoisotopic (exact) mass is 539 g/mol. The third kappa shape index (κ3) is 5.26. The third-order valence-corrected chi connectivity index (χ3v) is 7.02. The lowest BCUT2D eigenvalue weighted by Crippen LogP contribution is -2.13. The number of nitrogens with zero attached hydrogens (tertiary/aromatic N) is 2. The number of phenolic OH excluding ortho intramolecular Hbond substituents is 1. The Kier molecular flexibility index (Phi) is 7.44. The number of fused-ring (bicyclic) bond motifs is 1. The second-order valence-corrected chi connectivity index (χ2v) is 9.67. The Morgan fingerprint density at radius 2 is 1.76 bits per heavy atom. The van der Waals surface area contributed by atoms with E-state index in [0.29, 0.717) is 22.2 Å². The standard InChI is InChI=1S/C26H22ClN3O6S/c1-3-16-22(37(33,34)35)13-12-20(23(16)27)29-30-24-17-9-5-4-8-15(17)14-18(25(24)31)26(32)28-19-10-6-7-11-21(19)36-2/h4-14,31H,3H2,1-2H3,(H,28,32)(H,33,34,35). The highest BCUT2D eigenvalue weighted by Gasteiger charge is 2.21. The van der Waals surface area contributed by atoms with Crippen molar-refractivity contribution in [2.75, 3.05) is 12.4 Å². The quantitative estimate of drug-likeness (QED) is 0.177. The molecule has 4 aromatic carbocycles. The van der Waals surface area contributed by atoms with E-state index in [9.17, 15) is 22.9 Å². The van der Waals surface area contributed by atoms with Crippen molar-refractivity contribution in [3.05, 3.63) is 82.9 Å². The molecule has 4 rings (SSSR count). The molecule has 9 nitrogen and oxygen atoms in total. The number of ether oxygens (including phenoxy) is 1. The van der Waals surface area contributed by atoms with E-state index in [0.717, 1.165) is 0 Å². The van der Waals surface area contributed by atoms with Crippen molar-refractivity contribution < 1.29 is 27.6 Å². The van der Waals surface area contributed by atoms with E-state index in [2.05, 4.69) is 15.5 Å². The fraction of sp³-hybridized carbons (Fsp3) is 0.115. The molecule has 0 unspecified atom stereocenters. The average Bonchev–Trinajstić information content (AvgIpc) is 2.88. The number of azo groups is 1. The predicted octanol–water partition coefficient (Wildman–Crippen LogP) is 6.68. The summed E-state index contributed by atoms with van der Waals surface area (Å²) >= 11 is 6.38. The molecule has 0 bridgehead atoms. The number of rotatable bonds is 7. The van der Waals surface area contributed by atoms with Crippen LogP contribution in [-0.2, 0) is 16.5 Å². The summed E-state index contributed by atoms with van der Waals surface area (Å²) in [5, 5.41) is 23.3. The summed E-state index contributed by atoms with van der Waals surface area (Å²) in [6.07, 6.45) is 0.212. The van der Waals surface area contributed by atoms with Crippen molar-refractivity contribution in [3.63, 3.8) is 0 Å². The highest BCUT2D eigenvalue weighted by atomic mass is 35.5. The Balaban J connectivity index is 1.81. The van der Waals surface area contributed by atoms with Crippen molar-refractivity contribution in [1.82, 2.24) is 0 Å². The molecule has 0 aliphatic rings. The lowest BCUT2D eigenvalue weighted by Gasteiger charge is -2.13. The smallest absolute Gasteiger partial charge is 0.294 e. The van der Waals surface area contributed by atoms with Gasteiger partial charge in [-0.3, -0.25) is 9.35 Å². The van der Waals surface area contributed by atoms with Crippen LogP contribution in [-0.4, -0.2) is 31.1 Å². The zero-order valence-corrected chi connectivity index (χ0v) is 21.3. The topological polar surface area (TPSA) is 138 Å². The second-order valence-electron chi connectivity index (χ2n) is 7.90. The van der Waals surface area contributed by atoms with Gasteiger partial charge in [0.1, 0.15) is 17.1 Å². The molecule has 11 heteroatoms. The fourth-order valence-electron chi connectivity index (χ4n) is 3.87. The Bertz CT molecular complexity index is 1650. The molecule has 1 amide bonds. The maximum atomic E-state index is 13.1. The Hall–Kier alpha value is -3.99. The van der Waals surface area contributed by atoms with Crippen molar-refractivity contribution >= 4 is 55.5 Å². The molecule has 0 fully saturated rings. The Morgan fingerprint density at radius 3 is 2.46 bits per heavy atom. The van der Waals surface area contributed by atoms with Gasteiger partial charge < -0.3 is 15.2 Å². The summed E-state index contributed by atoms with van der Waals surface area (Å²) in [5.74, 6) is -0.546. The van der Waals surface area contributed by atoms with Crippen molar-refractivity contribution in [2.24, 2.45) is 10.2 Å². The maximum absolute atomic E-state index is 13.1. The molecule has 190 valence electrons. The zero-order chi connectivity index (χ0) is 26.7. The fourth-order valence-corrected chi connectivity index (χ4v) is 5.06. The summed E-state index contributed by atoms with van der Waals surface area (Å²) < 4.78 is 38.1. The van der Waals surface area contributed by atoms with Crippen LogP contribution in [0.5, 0.6) is 11.5 Å². The predicted molar refractivity (Wildman–Crippen MR) is 141 cm³/mol. The van der Waals surface area contributed by atoms with Crippen LogP contribution in [0.25, 0.3) is 10.8 Å². The number of carbonyl (C=O) groups is 1. The molecule has 0 spiro atoms. The lowest BCUT2D eigenvalue weighted by molar-refractivity contribution is 0.102. The van der Waals surface area contributed by atoms with Crippen molar-refractivity contribution in [3.8, 4) is 11.5 Å². The summed E-state index contributed by atoms with van der Waals surface area (Å²) in [4.78, 5) is 12.8. The Morgan fingerprint density at radius 1 is 1.05 bits per heavy atom. The number of carbonyl (C=O) groups excluding carboxylic acids is 1. The minimum absolute atomic E-state index is 0.00441. The highest BCUT2D eigenvalue weighted by Crippen LogP contribution is 2.41. The average molecular weight is 540 g/mol. The minimum Gasteiger partial charge on any atom is -0.505 e. The van der Waals surface area contributed by atoms with Gasteiger partial charge in [-0.15, -0.1) is 10.2 Å². The summed E-state index contributed by atoms with van der Waals surface area (Å²) in [5.41, 5.74) is 0.707. The van der Waals surface area contributed by atoms with E-state index in [1.54, 1.807) is 55.5 Å². The van der Waals surface area contributed by atoms with E-state index >= 15 is 0 Å². The van der Waals surface area contributed by atoms with Crippen LogP contribution in [0.4, 0.5) is 17.1 Å². The molecule has 0 atom stereocenters. The molecule has 0 saturated heterocycles. The van der Waals surface area contributed by atoms with Crippen LogP contribution in [0.3, 0.4) is 0 Å². The van der Waals surface area contributed by atoms with Gasteiger partial charge in [0.2, 0.25) is 0 Å². The summed E-state index contributed by atoms with van der Waals surface area (Å²) in [6, 6.07) is 17.9. The highest BCUT2D eigenvalue weighted by molar-refractivity contribution is 7.85. The number of phenols is 1. The lowest BCUT2D eigenvalue weighted by atomic mass is 10.0. The first-order chi connectivity index (χ1) is 17.7. The van der Waals surface area contributed by atoms with E-state index < -0.39 is 21.8 Å². The normalized spacial score (nSPS) is 11.7. The number of para-hydroxylation sites is 2. The van der Waals surface area contributed by atoms with E-state index in [1.165, 1.54) is 25.3 Å². The van der Waals surface area contributed by atoms with Crippen molar-refractivity contribution in [1.29, 1.82) is 0 Å². The largest absolute Gasteiger partial charge is 0.505 e. The maximum Gasteiger partial charge on any atom is 0.294 e. The molecule has 37 heavy (non-hydrogen) atoms. The molecule has 0 aliphatic carbocycles. The molecule has 0 radical (unpaired) electrons. The molecular formula is C26H22ClN3O6S. The molecule has 0 aromatic heterocycles. The first-order valence-electron chi connectivity index (χ1n) is 11.0. The molecule has 4 aromatic rings. The number of methoxy groups -OCH3 is 1. The van der Waals surface area contributed by atoms with Gasteiger partial charge in [0.25, 0.3) is 16.0 Å². The van der Waals surface area contributed by atoms with Gasteiger partial charge in [0, 0.05) is 5.39 Å². The van der Waals surface area contributed by atoms with Crippen molar-refractivity contribution in [2.45, 2.75) is 18.2 Å². The van der Waals surface area contributed by atoms with Gasteiger partial charge in [0.15, 0.2) is 5.75 Å². The van der Waals surface area contributed by atoms with Crippen LogP contribution in [0.15, 0.2) is 81.9 Å². The first kappa shape index (κ1) is 26.1. The first-order valence-corrected chi connectivity index (χ1v) is 12.9. The summed E-state index contributed by atoms with van der Waals surface area (Å²) in [7, 11) is -3.00. The zero-order valence-electron chi connectivity index (χ0n) is 19.8.